The minimum absolute atomic E-state index is 0.0923. The summed E-state index contributed by atoms with van der Waals surface area (Å²) in [6.45, 7) is 17.0. The van der Waals surface area contributed by atoms with Crippen LogP contribution < -0.4 is 15.4 Å². The number of aliphatic hydroxyl groups is 1. The summed E-state index contributed by atoms with van der Waals surface area (Å²) in [6.07, 6.45) is 2.51. The van der Waals surface area contributed by atoms with E-state index in [4.69, 9.17) is 14.9 Å². The second-order valence-electron chi connectivity index (χ2n) is 10.7. The number of hydrazone groups is 1. The van der Waals surface area contributed by atoms with E-state index in [9.17, 15) is 9.35 Å². The third kappa shape index (κ3) is 5.45. The number of amides is 1. The van der Waals surface area contributed by atoms with Gasteiger partial charge in [0.2, 0.25) is 0 Å². The Morgan fingerprint density at radius 1 is 1.33 bits per heavy atom. The topological polar surface area (TPSA) is 110 Å². The van der Waals surface area contributed by atoms with Gasteiger partial charge in [0, 0.05) is 42.0 Å². The number of nitrogens with one attached hydrogen (secondary N) is 2. The number of carbonyl (C=O) groups excluding carboxylic acids is 1. The average molecular weight is 560 g/mol. The zero-order valence-electron chi connectivity index (χ0n) is 24.0. The minimum atomic E-state index is -3.04. The van der Waals surface area contributed by atoms with Crippen molar-refractivity contribution >= 4 is 26.3 Å². The SMILES string of the molecule is C=C(CCC)N1N=C(c2cc(S3(O)(N4CC(NCCO)C4)=CC3)ccc2OCC)NC(=O)/C1=C(\C)C(C)CC. The number of hydrogen-bond acceptors (Lipinski definition) is 8. The van der Waals surface area contributed by atoms with Crippen molar-refractivity contribution in [2.75, 3.05) is 38.6 Å². The maximum Gasteiger partial charge on any atom is 0.275 e. The van der Waals surface area contributed by atoms with E-state index in [0.29, 0.717) is 61.3 Å². The Labute approximate surface area is 232 Å². The number of carbonyl (C=O) groups is 1. The molecule has 1 atom stereocenters. The summed E-state index contributed by atoms with van der Waals surface area (Å²) in [5.41, 5.74) is 2.90. The van der Waals surface area contributed by atoms with Crippen LogP contribution in [0.3, 0.4) is 0 Å². The fourth-order valence-electron chi connectivity index (χ4n) is 5.14. The lowest BCUT2D eigenvalue weighted by molar-refractivity contribution is -0.118. The van der Waals surface area contributed by atoms with Crippen LogP contribution in [0.15, 0.2) is 51.7 Å². The Balaban J connectivity index is 1.76. The number of nitrogens with zero attached hydrogens (tertiary/aromatic N) is 3. The molecular formula is C29H45N5O4S. The van der Waals surface area contributed by atoms with Gasteiger partial charge in [0.05, 0.1) is 18.8 Å². The van der Waals surface area contributed by atoms with Crippen LogP contribution in [0.4, 0.5) is 0 Å². The van der Waals surface area contributed by atoms with E-state index < -0.39 is 9.22 Å². The molecular weight excluding hydrogens is 514 g/mol. The van der Waals surface area contributed by atoms with Crippen LogP contribution in [-0.4, -0.2) is 80.7 Å². The number of aliphatic hydroxyl groups excluding tert-OH is 1. The fraction of sp³-hybridized carbons (Fsp3) is 0.552. The molecule has 4 N–H and O–H groups in total. The Kier molecular flexibility index (Phi) is 8.73. The molecule has 1 fully saturated rings. The summed E-state index contributed by atoms with van der Waals surface area (Å²) in [7, 11) is -3.04. The zero-order valence-corrected chi connectivity index (χ0v) is 24.8. The number of hydrogen-bond donors (Lipinski definition) is 4. The maximum atomic E-state index is 13.6. The van der Waals surface area contributed by atoms with Crippen molar-refractivity contribution in [2.24, 2.45) is 11.0 Å². The second-order valence-corrected chi connectivity index (χ2v) is 14.7. The van der Waals surface area contributed by atoms with Gasteiger partial charge in [0.25, 0.3) is 5.91 Å². The van der Waals surface area contributed by atoms with Crippen molar-refractivity contribution in [3.05, 3.63) is 47.3 Å². The molecule has 0 aliphatic carbocycles. The molecule has 216 valence electrons. The van der Waals surface area contributed by atoms with E-state index in [1.54, 1.807) is 5.01 Å². The standard InChI is InChI=1S/C29H45N5O4S/c1-7-10-21(5)34-27(22(6)20(4)8-2)29(36)31-28(32-34)25-17-24(11-12-26(25)38-9-3)39(37,15-16-39)33-18-23(19-33)30-13-14-35/h11-12,15,17,20,23,30,35,37H,5,7-10,13-14,16,18-19H2,1-4,6H3,(H,31,32,36)/b27-22-. The van der Waals surface area contributed by atoms with Gasteiger partial charge in [0.15, 0.2) is 5.84 Å². The summed E-state index contributed by atoms with van der Waals surface area (Å²) >= 11 is 0. The van der Waals surface area contributed by atoms with Crippen LogP contribution in [0.25, 0.3) is 0 Å². The lowest BCUT2D eigenvalue weighted by atomic mass is 9.96. The summed E-state index contributed by atoms with van der Waals surface area (Å²) in [5, 5.41) is 24.1. The highest BCUT2D eigenvalue weighted by Crippen LogP contribution is 2.73. The van der Waals surface area contributed by atoms with Gasteiger partial charge in [-0.15, -0.1) is 5.10 Å². The molecule has 10 heteroatoms. The number of ether oxygens (including phenoxy) is 1. The quantitative estimate of drug-likeness (QED) is 0.214. The predicted molar refractivity (Wildman–Crippen MR) is 160 cm³/mol. The molecule has 3 aliphatic heterocycles. The first kappa shape index (κ1) is 29.5. The molecule has 4 rings (SSSR count). The largest absolute Gasteiger partial charge is 0.493 e. The van der Waals surface area contributed by atoms with Gasteiger partial charge >= 0.3 is 0 Å². The first-order valence-corrected chi connectivity index (χ1v) is 16.3. The smallest absolute Gasteiger partial charge is 0.275 e. The van der Waals surface area contributed by atoms with Crippen LogP contribution >= 0.6 is 9.22 Å². The van der Waals surface area contributed by atoms with Crippen molar-refractivity contribution in [1.82, 2.24) is 19.9 Å². The van der Waals surface area contributed by atoms with Crippen LogP contribution in [0.1, 0.15) is 59.4 Å². The van der Waals surface area contributed by atoms with Gasteiger partial charge in [-0.05, 0) is 61.7 Å². The van der Waals surface area contributed by atoms with Crippen LogP contribution in [0, 0.1) is 5.92 Å². The summed E-state index contributed by atoms with van der Waals surface area (Å²) in [6, 6.07) is 5.98. The normalized spacial score (nSPS) is 23.4. The predicted octanol–water partition coefficient (Wildman–Crippen LogP) is 3.98. The molecule has 1 saturated heterocycles. The van der Waals surface area contributed by atoms with Crippen LogP contribution in [0.2, 0.25) is 0 Å². The summed E-state index contributed by atoms with van der Waals surface area (Å²) in [5.74, 6) is 1.60. The van der Waals surface area contributed by atoms with E-state index in [1.807, 2.05) is 37.4 Å². The Morgan fingerprint density at radius 3 is 2.64 bits per heavy atom. The molecule has 0 spiro atoms. The van der Waals surface area contributed by atoms with Gasteiger partial charge in [0.1, 0.15) is 11.4 Å². The van der Waals surface area contributed by atoms with E-state index in [1.165, 1.54) is 0 Å². The lowest BCUT2D eigenvalue weighted by Crippen LogP contribution is -2.58. The van der Waals surface area contributed by atoms with Gasteiger partial charge in [-0.2, -0.15) is 0 Å². The third-order valence-corrected chi connectivity index (χ3v) is 12.0. The Morgan fingerprint density at radius 2 is 2.05 bits per heavy atom. The first-order chi connectivity index (χ1) is 18.6. The Bertz CT molecular complexity index is 1270. The lowest BCUT2D eigenvalue weighted by Gasteiger charge is -2.52. The highest BCUT2D eigenvalue weighted by molar-refractivity contribution is 8.47. The molecule has 1 unspecified atom stereocenters. The second kappa shape index (κ2) is 11.5. The number of allylic oxidation sites excluding steroid dienone is 2. The van der Waals surface area contributed by atoms with Crippen molar-refractivity contribution in [3.63, 3.8) is 0 Å². The Hall–Kier alpha value is -2.50. The molecule has 3 aliphatic rings. The van der Waals surface area contributed by atoms with Crippen molar-refractivity contribution < 1.29 is 19.2 Å². The average Bonchev–Trinajstić information content (AvgIpc) is 3.61. The number of rotatable bonds is 13. The molecule has 39 heavy (non-hydrogen) atoms. The van der Waals surface area contributed by atoms with Gasteiger partial charge in [-0.25, -0.2) is 9.31 Å². The maximum absolute atomic E-state index is 13.6. The highest BCUT2D eigenvalue weighted by atomic mass is 32.3. The van der Waals surface area contributed by atoms with E-state index in [0.717, 1.165) is 29.0 Å². The van der Waals surface area contributed by atoms with E-state index >= 15 is 0 Å². The van der Waals surface area contributed by atoms with Crippen LogP contribution in [0.5, 0.6) is 5.75 Å². The highest BCUT2D eigenvalue weighted by Gasteiger charge is 2.51. The molecule has 1 aromatic carbocycles. The molecule has 0 radical (unpaired) electrons. The van der Waals surface area contributed by atoms with Gasteiger partial charge in [-0.1, -0.05) is 43.0 Å². The zero-order chi connectivity index (χ0) is 28.4. The molecule has 1 amide bonds. The minimum Gasteiger partial charge on any atom is -0.493 e. The van der Waals surface area contributed by atoms with Gasteiger partial charge in [-0.3, -0.25) is 4.79 Å². The molecule has 3 heterocycles. The van der Waals surface area contributed by atoms with Crippen molar-refractivity contribution in [3.8, 4) is 5.75 Å². The molecule has 0 aromatic heterocycles. The van der Waals surface area contributed by atoms with Crippen molar-refractivity contribution in [2.45, 2.75) is 64.8 Å². The van der Waals surface area contributed by atoms with Crippen LogP contribution in [-0.2, 0) is 4.79 Å². The number of amidine groups is 1. The molecule has 9 nitrogen and oxygen atoms in total. The molecule has 0 bridgehead atoms. The fourth-order valence-corrected chi connectivity index (χ4v) is 8.76. The van der Waals surface area contributed by atoms with Gasteiger partial charge < -0.3 is 25.0 Å². The van der Waals surface area contributed by atoms with E-state index in [2.05, 4.69) is 42.3 Å². The summed E-state index contributed by atoms with van der Waals surface area (Å²) < 4.78 is 20.3. The monoisotopic (exact) mass is 559 g/mol. The number of benzene rings is 1. The molecule has 0 saturated carbocycles. The summed E-state index contributed by atoms with van der Waals surface area (Å²) in [4.78, 5) is 14.4. The molecule has 1 aromatic rings. The van der Waals surface area contributed by atoms with E-state index in [-0.39, 0.29) is 24.5 Å². The first-order valence-electron chi connectivity index (χ1n) is 14.1. The third-order valence-electron chi connectivity index (χ3n) is 8.04. The van der Waals surface area contributed by atoms with Crippen molar-refractivity contribution in [1.29, 1.82) is 0 Å².